The minimum atomic E-state index is -3.75. The Morgan fingerprint density at radius 2 is 1.74 bits per heavy atom. The van der Waals surface area contributed by atoms with Gasteiger partial charge in [-0.25, -0.2) is 8.42 Å². The van der Waals surface area contributed by atoms with Crippen molar-refractivity contribution in [3.63, 3.8) is 0 Å². The van der Waals surface area contributed by atoms with Crippen LogP contribution in [0.4, 0.5) is 5.69 Å². The number of hydrogen-bond donors (Lipinski definition) is 0. The molecule has 1 aromatic heterocycles. The molecule has 1 aliphatic rings. The standard InChI is InChI=1S/C22H25N3O5S/c1-16-13-21(30-23-16)17-7-8-20(29-3)22(14-17)31(26,27)25-11-9-24(10-12-25)18-5-4-6-19(15-18)28-2/h4-8,13-15H,9-12H2,1-3H3. The quantitative estimate of drug-likeness (QED) is 0.578. The lowest BCUT2D eigenvalue weighted by Gasteiger charge is -2.35. The van der Waals surface area contributed by atoms with Crippen molar-refractivity contribution in [3.8, 4) is 22.8 Å². The smallest absolute Gasteiger partial charge is 0.246 e. The molecule has 0 amide bonds. The van der Waals surface area contributed by atoms with Crippen LogP contribution >= 0.6 is 0 Å². The van der Waals surface area contributed by atoms with Gasteiger partial charge in [0.25, 0.3) is 0 Å². The van der Waals surface area contributed by atoms with E-state index in [-0.39, 0.29) is 4.90 Å². The van der Waals surface area contributed by atoms with Gasteiger partial charge in [-0.1, -0.05) is 11.2 Å². The number of ether oxygens (including phenoxy) is 2. The van der Waals surface area contributed by atoms with E-state index in [0.717, 1.165) is 17.1 Å². The van der Waals surface area contributed by atoms with E-state index < -0.39 is 10.0 Å². The van der Waals surface area contributed by atoms with E-state index in [0.29, 0.717) is 43.3 Å². The Bertz CT molecular complexity index is 1170. The number of aromatic nitrogens is 1. The second-order valence-electron chi connectivity index (χ2n) is 7.29. The molecule has 0 N–H and O–H groups in total. The predicted molar refractivity (Wildman–Crippen MR) is 117 cm³/mol. The van der Waals surface area contributed by atoms with Gasteiger partial charge in [-0.3, -0.25) is 0 Å². The van der Waals surface area contributed by atoms with Crippen LogP contribution in [0, 0.1) is 6.92 Å². The van der Waals surface area contributed by atoms with Crippen LogP contribution in [0.3, 0.4) is 0 Å². The first-order chi connectivity index (χ1) is 14.9. The number of aryl methyl sites for hydroxylation is 1. The monoisotopic (exact) mass is 443 g/mol. The number of methoxy groups -OCH3 is 2. The molecule has 164 valence electrons. The van der Waals surface area contributed by atoms with Gasteiger partial charge in [-0.15, -0.1) is 0 Å². The molecule has 0 atom stereocenters. The fourth-order valence-electron chi connectivity index (χ4n) is 3.66. The Morgan fingerprint density at radius 1 is 0.968 bits per heavy atom. The zero-order valence-electron chi connectivity index (χ0n) is 17.7. The Hall–Kier alpha value is -3.04. The van der Waals surface area contributed by atoms with Crippen molar-refractivity contribution < 1.29 is 22.4 Å². The summed E-state index contributed by atoms with van der Waals surface area (Å²) >= 11 is 0. The maximum absolute atomic E-state index is 13.5. The molecule has 0 spiro atoms. The highest BCUT2D eigenvalue weighted by Crippen LogP contribution is 2.33. The van der Waals surface area contributed by atoms with Crippen LogP contribution < -0.4 is 14.4 Å². The number of anilines is 1. The maximum Gasteiger partial charge on any atom is 0.246 e. The van der Waals surface area contributed by atoms with E-state index in [4.69, 9.17) is 14.0 Å². The van der Waals surface area contributed by atoms with Crippen molar-refractivity contribution in [1.29, 1.82) is 0 Å². The van der Waals surface area contributed by atoms with Crippen molar-refractivity contribution in [1.82, 2.24) is 9.46 Å². The average molecular weight is 444 g/mol. The molecule has 31 heavy (non-hydrogen) atoms. The number of hydrogen-bond acceptors (Lipinski definition) is 7. The van der Waals surface area contributed by atoms with Crippen LogP contribution in [0.2, 0.25) is 0 Å². The second-order valence-corrected chi connectivity index (χ2v) is 9.20. The first-order valence-electron chi connectivity index (χ1n) is 9.93. The first-order valence-corrected chi connectivity index (χ1v) is 11.4. The summed E-state index contributed by atoms with van der Waals surface area (Å²) in [4.78, 5) is 2.27. The van der Waals surface area contributed by atoms with Crippen molar-refractivity contribution in [3.05, 3.63) is 54.2 Å². The third-order valence-electron chi connectivity index (χ3n) is 5.35. The maximum atomic E-state index is 13.5. The normalized spacial score (nSPS) is 15.1. The second kappa shape index (κ2) is 8.60. The van der Waals surface area contributed by atoms with Crippen molar-refractivity contribution in [2.75, 3.05) is 45.3 Å². The lowest BCUT2D eigenvalue weighted by atomic mass is 10.1. The Kier molecular flexibility index (Phi) is 5.88. The molecule has 0 radical (unpaired) electrons. The van der Waals surface area contributed by atoms with Crippen LogP contribution in [0.15, 0.2) is 57.9 Å². The van der Waals surface area contributed by atoms with Gasteiger partial charge in [-0.05, 0) is 37.3 Å². The highest BCUT2D eigenvalue weighted by atomic mass is 32.2. The molecule has 0 aliphatic carbocycles. The van der Waals surface area contributed by atoms with E-state index >= 15 is 0 Å². The molecule has 1 fully saturated rings. The minimum Gasteiger partial charge on any atom is -0.497 e. The molecule has 3 aromatic rings. The van der Waals surface area contributed by atoms with Crippen LogP contribution in [0.1, 0.15) is 5.69 Å². The molecular weight excluding hydrogens is 418 g/mol. The van der Waals surface area contributed by atoms with E-state index in [1.165, 1.54) is 11.4 Å². The van der Waals surface area contributed by atoms with Crippen molar-refractivity contribution >= 4 is 15.7 Å². The molecule has 1 saturated heterocycles. The SMILES string of the molecule is COc1cccc(N2CCN(S(=O)(=O)c3cc(-c4cc(C)no4)ccc3OC)CC2)c1. The third kappa shape index (κ3) is 4.24. The summed E-state index contributed by atoms with van der Waals surface area (Å²) in [6.07, 6.45) is 0. The molecule has 0 bridgehead atoms. The molecule has 2 aromatic carbocycles. The van der Waals surface area contributed by atoms with E-state index in [1.807, 2.05) is 31.2 Å². The summed E-state index contributed by atoms with van der Waals surface area (Å²) in [6.45, 7) is 3.71. The van der Waals surface area contributed by atoms with E-state index in [2.05, 4.69) is 10.1 Å². The van der Waals surface area contributed by atoms with E-state index in [1.54, 1.807) is 31.4 Å². The molecule has 4 rings (SSSR count). The fourth-order valence-corrected chi connectivity index (χ4v) is 5.27. The summed E-state index contributed by atoms with van der Waals surface area (Å²) in [5.74, 6) is 1.59. The number of rotatable bonds is 6. The van der Waals surface area contributed by atoms with E-state index in [9.17, 15) is 8.42 Å². The molecule has 8 nitrogen and oxygen atoms in total. The highest BCUT2D eigenvalue weighted by Gasteiger charge is 2.31. The summed E-state index contributed by atoms with van der Waals surface area (Å²) in [6, 6.07) is 14.5. The summed E-state index contributed by atoms with van der Waals surface area (Å²) < 4.78 is 44.4. The zero-order valence-corrected chi connectivity index (χ0v) is 18.6. The minimum absolute atomic E-state index is 0.122. The average Bonchev–Trinajstić information content (AvgIpc) is 3.25. The lowest BCUT2D eigenvalue weighted by Crippen LogP contribution is -2.48. The van der Waals surface area contributed by atoms with Gasteiger partial charge < -0.3 is 18.9 Å². The molecule has 9 heteroatoms. The molecular formula is C22H25N3O5S. The van der Waals surface area contributed by atoms with Crippen molar-refractivity contribution in [2.24, 2.45) is 0 Å². The third-order valence-corrected chi connectivity index (χ3v) is 7.27. The van der Waals surface area contributed by atoms with Crippen molar-refractivity contribution in [2.45, 2.75) is 11.8 Å². The highest BCUT2D eigenvalue weighted by molar-refractivity contribution is 7.89. The van der Waals surface area contributed by atoms with Crippen LogP contribution in [0.5, 0.6) is 11.5 Å². The Morgan fingerprint density at radius 3 is 2.39 bits per heavy atom. The molecule has 2 heterocycles. The Labute approximate surface area is 182 Å². The van der Waals surface area contributed by atoms with Gasteiger partial charge in [0, 0.05) is 49.6 Å². The van der Waals surface area contributed by atoms with Gasteiger partial charge in [0.2, 0.25) is 10.0 Å². The Balaban J connectivity index is 1.57. The molecule has 0 unspecified atom stereocenters. The van der Waals surface area contributed by atoms with Gasteiger partial charge in [0.05, 0.1) is 19.9 Å². The molecule has 0 saturated carbocycles. The first kappa shape index (κ1) is 21.2. The fraction of sp³-hybridized carbons (Fsp3) is 0.318. The topological polar surface area (TPSA) is 85.1 Å². The largest absolute Gasteiger partial charge is 0.497 e. The number of benzene rings is 2. The van der Waals surface area contributed by atoms with Gasteiger partial charge in [-0.2, -0.15) is 4.31 Å². The van der Waals surface area contributed by atoms with Gasteiger partial charge >= 0.3 is 0 Å². The predicted octanol–water partition coefficient (Wildman–Crippen LogP) is 3.18. The van der Waals surface area contributed by atoms with Crippen LogP contribution in [0.25, 0.3) is 11.3 Å². The molecule has 1 aliphatic heterocycles. The zero-order chi connectivity index (χ0) is 22.0. The number of nitrogens with zero attached hydrogens (tertiary/aromatic N) is 3. The number of piperazine rings is 1. The number of sulfonamides is 1. The van der Waals surface area contributed by atoms with Crippen LogP contribution in [-0.4, -0.2) is 58.3 Å². The lowest BCUT2D eigenvalue weighted by molar-refractivity contribution is 0.374. The van der Waals surface area contributed by atoms with Gasteiger partial charge in [0.1, 0.15) is 16.4 Å². The summed E-state index contributed by atoms with van der Waals surface area (Å²) in [5, 5.41) is 3.89. The summed E-state index contributed by atoms with van der Waals surface area (Å²) in [7, 11) is -0.656. The van der Waals surface area contributed by atoms with Crippen LogP contribution in [-0.2, 0) is 10.0 Å². The summed E-state index contributed by atoms with van der Waals surface area (Å²) in [5.41, 5.74) is 2.37. The van der Waals surface area contributed by atoms with Gasteiger partial charge in [0.15, 0.2) is 5.76 Å².